The topological polar surface area (TPSA) is 72.7 Å². The Morgan fingerprint density at radius 2 is 1.96 bits per heavy atom. The minimum absolute atomic E-state index is 0.149. The maximum absolute atomic E-state index is 15.8. The van der Waals surface area contributed by atoms with Gasteiger partial charge in [-0.25, -0.2) is 9.18 Å². The van der Waals surface area contributed by atoms with Gasteiger partial charge in [-0.2, -0.15) is 0 Å². The molecule has 1 atom stereocenters. The number of nitrogens with zero attached hydrogens (tertiary/aromatic N) is 2. The van der Waals surface area contributed by atoms with E-state index < -0.39 is 17.6 Å². The van der Waals surface area contributed by atoms with Crippen LogP contribution in [0.4, 0.5) is 15.8 Å². The summed E-state index contributed by atoms with van der Waals surface area (Å²) in [6.45, 7) is 4.73. The van der Waals surface area contributed by atoms with Crippen molar-refractivity contribution in [2.45, 2.75) is 25.8 Å². The number of rotatable bonds is 2. The summed E-state index contributed by atoms with van der Waals surface area (Å²) in [7, 11) is 0. The van der Waals surface area contributed by atoms with Gasteiger partial charge in [0.1, 0.15) is 5.57 Å². The third-order valence-corrected chi connectivity index (χ3v) is 5.74. The van der Waals surface area contributed by atoms with Crippen LogP contribution in [0.25, 0.3) is 0 Å². The summed E-state index contributed by atoms with van der Waals surface area (Å²) in [6.07, 6.45) is 3.39. The van der Waals surface area contributed by atoms with E-state index >= 15 is 4.39 Å². The molecule has 140 valence electrons. The molecule has 7 heteroatoms. The van der Waals surface area contributed by atoms with Crippen molar-refractivity contribution in [2.75, 3.05) is 36.0 Å². The second kappa shape index (κ2) is 5.66. The van der Waals surface area contributed by atoms with Crippen molar-refractivity contribution in [2.24, 2.45) is 0 Å². The number of ketones is 1. The third-order valence-electron chi connectivity index (χ3n) is 5.74. The van der Waals surface area contributed by atoms with Gasteiger partial charge < -0.3 is 20.2 Å². The number of anilines is 2. The Balaban J connectivity index is 1.71. The number of allylic oxidation sites excluding steroid dienone is 1. The summed E-state index contributed by atoms with van der Waals surface area (Å²) >= 11 is 0. The molecule has 0 bridgehead atoms. The van der Waals surface area contributed by atoms with Crippen molar-refractivity contribution in [1.82, 2.24) is 5.32 Å². The van der Waals surface area contributed by atoms with Crippen molar-refractivity contribution in [3.05, 3.63) is 45.9 Å². The van der Waals surface area contributed by atoms with Crippen LogP contribution in [0.1, 0.15) is 28.8 Å². The predicted octanol–water partition coefficient (Wildman–Crippen LogP) is 1.99. The zero-order valence-electron chi connectivity index (χ0n) is 15.0. The highest BCUT2D eigenvalue weighted by molar-refractivity contribution is 6.27. The highest BCUT2D eigenvalue weighted by Gasteiger charge is 2.51. The Morgan fingerprint density at radius 1 is 1.26 bits per heavy atom. The highest BCUT2D eigenvalue weighted by Crippen LogP contribution is 2.53. The lowest BCUT2D eigenvalue weighted by Crippen LogP contribution is -2.44. The minimum atomic E-state index is -1.26. The van der Waals surface area contributed by atoms with E-state index in [0.717, 1.165) is 31.6 Å². The van der Waals surface area contributed by atoms with Gasteiger partial charge in [0, 0.05) is 37.4 Å². The quantitative estimate of drug-likeness (QED) is 0.614. The molecule has 3 heterocycles. The van der Waals surface area contributed by atoms with Crippen LogP contribution in [0.5, 0.6) is 0 Å². The Bertz CT molecular complexity index is 954. The minimum Gasteiger partial charge on any atom is -0.478 e. The number of benzene rings is 1. The van der Waals surface area contributed by atoms with Gasteiger partial charge in [-0.1, -0.05) is 0 Å². The number of carbonyl (C=O) groups is 2. The molecule has 6 nitrogen and oxygen atoms in total. The van der Waals surface area contributed by atoms with Gasteiger partial charge in [-0.15, -0.1) is 0 Å². The van der Waals surface area contributed by atoms with E-state index in [1.807, 2.05) is 9.80 Å². The van der Waals surface area contributed by atoms with Gasteiger partial charge >= 0.3 is 5.97 Å². The fourth-order valence-corrected chi connectivity index (χ4v) is 4.31. The van der Waals surface area contributed by atoms with Crippen LogP contribution in [-0.2, 0) is 4.79 Å². The van der Waals surface area contributed by atoms with E-state index in [1.165, 1.54) is 11.6 Å². The van der Waals surface area contributed by atoms with E-state index in [0.29, 0.717) is 24.3 Å². The first-order valence-corrected chi connectivity index (χ1v) is 9.28. The molecule has 0 radical (unpaired) electrons. The van der Waals surface area contributed by atoms with Crippen LogP contribution in [0.2, 0.25) is 0 Å². The van der Waals surface area contributed by atoms with E-state index in [9.17, 15) is 14.7 Å². The fourth-order valence-electron chi connectivity index (χ4n) is 4.31. The van der Waals surface area contributed by atoms with Crippen molar-refractivity contribution in [3.8, 4) is 0 Å². The molecule has 1 aliphatic carbocycles. The largest absolute Gasteiger partial charge is 0.478 e. The number of halogens is 1. The van der Waals surface area contributed by atoms with Gasteiger partial charge in [0.25, 0.3) is 0 Å². The van der Waals surface area contributed by atoms with Crippen molar-refractivity contribution < 1.29 is 19.1 Å². The van der Waals surface area contributed by atoms with E-state index in [1.54, 1.807) is 13.0 Å². The third kappa shape index (κ3) is 2.41. The molecule has 4 aliphatic rings. The molecule has 3 fully saturated rings. The molecule has 2 N–H and O–H groups in total. The summed E-state index contributed by atoms with van der Waals surface area (Å²) < 4.78 is 15.8. The van der Waals surface area contributed by atoms with Crippen molar-refractivity contribution in [1.29, 1.82) is 0 Å². The maximum atomic E-state index is 15.8. The molecule has 0 aromatic heterocycles. The molecule has 5 rings (SSSR count). The lowest BCUT2D eigenvalue weighted by atomic mass is 9.97. The lowest BCUT2D eigenvalue weighted by molar-refractivity contribution is -0.132. The Hall–Kier alpha value is -2.67. The summed E-state index contributed by atoms with van der Waals surface area (Å²) in [5.74, 6) is -2.29. The number of aryl methyl sites for hydroxylation is 1. The van der Waals surface area contributed by atoms with Gasteiger partial charge in [-0.3, -0.25) is 4.79 Å². The van der Waals surface area contributed by atoms with Crippen LogP contribution >= 0.6 is 0 Å². The lowest BCUT2D eigenvalue weighted by Gasteiger charge is -2.32. The van der Waals surface area contributed by atoms with Gasteiger partial charge in [0.15, 0.2) is 5.82 Å². The predicted molar refractivity (Wildman–Crippen MR) is 98.8 cm³/mol. The fraction of sp³-hybridized carbons (Fsp3) is 0.400. The van der Waals surface area contributed by atoms with Gasteiger partial charge in [0.05, 0.1) is 17.4 Å². The Labute approximate surface area is 155 Å². The molecule has 0 amide bonds. The SMILES string of the molecule is Cc1cc2c(c(F)c1N1CCNCC1)N1C(=C3CC3)C1C=C(C(=O)O)C2=O. The van der Waals surface area contributed by atoms with Crippen LogP contribution in [0, 0.1) is 12.7 Å². The number of carboxylic acid groups (broad SMARTS) is 1. The summed E-state index contributed by atoms with van der Waals surface area (Å²) in [5.41, 5.74) is 3.50. The molecule has 1 aromatic rings. The number of nitrogens with one attached hydrogen (secondary N) is 1. The monoisotopic (exact) mass is 369 g/mol. The number of aliphatic carboxylic acids is 1. The molecule has 1 saturated carbocycles. The number of fused-ring (bicyclic) bond motifs is 3. The zero-order chi connectivity index (χ0) is 18.9. The molecule has 1 aromatic carbocycles. The molecule has 1 unspecified atom stereocenters. The van der Waals surface area contributed by atoms with E-state index in [2.05, 4.69) is 5.32 Å². The molecule has 3 aliphatic heterocycles. The standard InChI is InChI=1S/C20H20FN3O3/c1-10-8-12-18(15(21)16(10)23-6-4-22-5-7-23)24-14(17(24)11-2-3-11)9-13(19(12)25)20(26)27/h8-9,14,22H,2-7H2,1H3,(H,26,27). The average Bonchev–Trinajstić information content (AvgIpc) is 3.53. The highest BCUT2D eigenvalue weighted by atomic mass is 19.1. The van der Waals surface area contributed by atoms with Crippen LogP contribution in [0.15, 0.2) is 29.0 Å². The second-order valence-corrected chi connectivity index (χ2v) is 7.51. The normalized spacial score (nSPS) is 23.6. The Kier molecular flexibility index (Phi) is 3.46. The summed E-state index contributed by atoms with van der Waals surface area (Å²) in [4.78, 5) is 28.3. The molecule has 0 spiro atoms. The first-order chi connectivity index (χ1) is 13.0. The molecule has 27 heavy (non-hydrogen) atoms. The first kappa shape index (κ1) is 16.5. The average molecular weight is 369 g/mol. The van der Waals surface area contributed by atoms with Crippen molar-refractivity contribution in [3.63, 3.8) is 0 Å². The van der Waals surface area contributed by atoms with E-state index in [-0.39, 0.29) is 22.9 Å². The van der Waals surface area contributed by atoms with E-state index in [4.69, 9.17) is 0 Å². The number of Topliss-reactive ketones (excluding diaryl/α,β-unsaturated/α-hetero) is 1. The number of hydrogen-bond donors (Lipinski definition) is 2. The number of piperazine rings is 1. The number of hydrogen-bond acceptors (Lipinski definition) is 5. The van der Waals surface area contributed by atoms with Crippen LogP contribution in [-0.4, -0.2) is 49.1 Å². The number of carbonyl (C=O) groups excluding carboxylic acids is 1. The summed E-state index contributed by atoms with van der Waals surface area (Å²) in [5, 5.41) is 12.8. The Morgan fingerprint density at radius 3 is 2.59 bits per heavy atom. The first-order valence-electron chi connectivity index (χ1n) is 9.28. The molecule has 2 saturated heterocycles. The van der Waals surface area contributed by atoms with Crippen LogP contribution in [0.3, 0.4) is 0 Å². The van der Waals surface area contributed by atoms with Gasteiger partial charge in [-0.05, 0) is 43.0 Å². The summed E-state index contributed by atoms with van der Waals surface area (Å²) in [6, 6.07) is 1.34. The second-order valence-electron chi connectivity index (χ2n) is 7.51. The van der Waals surface area contributed by atoms with Crippen molar-refractivity contribution >= 4 is 23.1 Å². The number of carboxylic acids is 1. The molecular formula is C20H20FN3O3. The van der Waals surface area contributed by atoms with Gasteiger partial charge in [0.2, 0.25) is 5.78 Å². The maximum Gasteiger partial charge on any atom is 0.339 e. The smallest absolute Gasteiger partial charge is 0.339 e. The molecular weight excluding hydrogens is 349 g/mol. The van der Waals surface area contributed by atoms with Crippen LogP contribution < -0.4 is 15.1 Å². The zero-order valence-corrected chi connectivity index (χ0v) is 15.0.